The van der Waals surface area contributed by atoms with Crippen molar-refractivity contribution in [3.8, 4) is 0 Å². The minimum Gasteiger partial charge on any atom is -0.302 e. The summed E-state index contributed by atoms with van der Waals surface area (Å²) in [4.78, 5) is 7.15. The summed E-state index contributed by atoms with van der Waals surface area (Å²) in [6, 6.07) is 6.25. The maximum Gasteiger partial charge on any atom is 0.0444 e. The van der Waals surface area contributed by atoms with Crippen molar-refractivity contribution in [3.63, 3.8) is 0 Å². The summed E-state index contributed by atoms with van der Waals surface area (Å²) in [6.45, 7) is 8.55. The molecule has 0 bridgehead atoms. The van der Waals surface area contributed by atoms with Crippen LogP contribution >= 0.6 is 0 Å². The van der Waals surface area contributed by atoms with Crippen molar-refractivity contribution in [2.45, 2.75) is 32.6 Å². The smallest absolute Gasteiger partial charge is 0.0444 e. The Kier molecular flexibility index (Phi) is 3.38. The van der Waals surface area contributed by atoms with Crippen molar-refractivity contribution in [3.05, 3.63) is 30.1 Å². The Morgan fingerprint density at radius 3 is 2.61 bits per heavy atom. The fraction of sp³-hybridized carbons (Fsp3) is 0.688. The van der Waals surface area contributed by atoms with E-state index in [1.807, 2.05) is 12.3 Å². The van der Waals surface area contributed by atoms with Crippen LogP contribution in [-0.2, 0) is 0 Å². The Bertz CT molecular complexity index is 375. The number of pyridine rings is 1. The Hall–Kier alpha value is -0.890. The average Bonchev–Trinajstić information content (AvgIpc) is 2.86. The number of fused-ring (bicyclic) bond motifs is 1. The SMILES string of the molecule is CC1CC2CN(CC(C)c3ccccn3)CC2C1. The molecule has 0 aromatic carbocycles. The van der Waals surface area contributed by atoms with Gasteiger partial charge in [0.2, 0.25) is 0 Å². The summed E-state index contributed by atoms with van der Waals surface area (Å²) in [5.74, 6) is 3.49. The zero-order valence-corrected chi connectivity index (χ0v) is 11.5. The van der Waals surface area contributed by atoms with Gasteiger partial charge in [-0.05, 0) is 42.7 Å². The number of rotatable bonds is 3. The van der Waals surface area contributed by atoms with Crippen LogP contribution in [0.15, 0.2) is 24.4 Å². The third kappa shape index (κ3) is 2.44. The zero-order valence-electron chi connectivity index (χ0n) is 11.5. The molecule has 2 fully saturated rings. The fourth-order valence-electron chi connectivity index (χ4n) is 4.00. The van der Waals surface area contributed by atoms with Crippen LogP contribution < -0.4 is 0 Å². The lowest BCUT2D eigenvalue weighted by molar-refractivity contribution is 0.285. The number of likely N-dealkylation sites (tertiary alicyclic amines) is 1. The molecule has 2 aliphatic rings. The zero-order chi connectivity index (χ0) is 12.5. The summed E-state index contributed by atoms with van der Waals surface area (Å²) in [5, 5.41) is 0. The van der Waals surface area contributed by atoms with E-state index in [4.69, 9.17) is 0 Å². The highest BCUT2D eigenvalue weighted by Crippen LogP contribution is 2.41. The van der Waals surface area contributed by atoms with Gasteiger partial charge in [0, 0.05) is 37.4 Å². The first-order valence-electron chi connectivity index (χ1n) is 7.35. The fourth-order valence-corrected chi connectivity index (χ4v) is 4.00. The molecule has 0 N–H and O–H groups in total. The lowest BCUT2D eigenvalue weighted by Gasteiger charge is -2.21. The van der Waals surface area contributed by atoms with E-state index < -0.39 is 0 Å². The van der Waals surface area contributed by atoms with Gasteiger partial charge in [-0.3, -0.25) is 4.98 Å². The number of nitrogens with zero attached hydrogens (tertiary/aromatic N) is 2. The predicted molar refractivity (Wildman–Crippen MR) is 74.5 cm³/mol. The summed E-state index contributed by atoms with van der Waals surface area (Å²) < 4.78 is 0. The molecule has 0 amide bonds. The molecule has 3 atom stereocenters. The Balaban J connectivity index is 1.56. The molecule has 1 aliphatic carbocycles. The average molecular weight is 244 g/mol. The first kappa shape index (κ1) is 12.2. The van der Waals surface area contributed by atoms with Crippen molar-refractivity contribution in [2.75, 3.05) is 19.6 Å². The van der Waals surface area contributed by atoms with Crippen molar-refractivity contribution in [1.82, 2.24) is 9.88 Å². The van der Waals surface area contributed by atoms with Gasteiger partial charge in [-0.25, -0.2) is 0 Å². The molecule has 1 aromatic rings. The molecule has 98 valence electrons. The number of hydrogen-bond acceptors (Lipinski definition) is 2. The quantitative estimate of drug-likeness (QED) is 0.812. The Morgan fingerprint density at radius 1 is 1.28 bits per heavy atom. The van der Waals surface area contributed by atoms with Gasteiger partial charge in [-0.2, -0.15) is 0 Å². The predicted octanol–water partition coefficient (Wildman–Crippen LogP) is 3.16. The highest BCUT2D eigenvalue weighted by atomic mass is 15.2. The highest BCUT2D eigenvalue weighted by molar-refractivity contribution is 5.09. The molecule has 0 spiro atoms. The third-order valence-corrected chi connectivity index (χ3v) is 4.79. The van der Waals surface area contributed by atoms with E-state index in [-0.39, 0.29) is 0 Å². The Labute approximate surface area is 110 Å². The van der Waals surface area contributed by atoms with Gasteiger partial charge in [-0.15, -0.1) is 0 Å². The van der Waals surface area contributed by atoms with Crippen LogP contribution in [0.25, 0.3) is 0 Å². The van der Waals surface area contributed by atoms with Crippen LogP contribution in [0.4, 0.5) is 0 Å². The Morgan fingerprint density at radius 2 is 2.00 bits per heavy atom. The third-order valence-electron chi connectivity index (χ3n) is 4.79. The van der Waals surface area contributed by atoms with E-state index in [9.17, 15) is 0 Å². The van der Waals surface area contributed by atoms with Crippen LogP contribution in [0.5, 0.6) is 0 Å². The van der Waals surface area contributed by atoms with Gasteiger partial charge in [0.1, 0.15) is 0 Å². The van der Waals surface area contributed by atoms with Gasteiger partial charge in [0.05, 0.1) is 0 Å². The van der Waals surface area contributed by atoms with E-state index >= 15 is 0 Å². The standard InChI is InChI=1S/C16H24N2/c1-12-7-14-10-18(11-15(14)8-12)9-13(2)16-5-3-4-6-17-16/h3-6,12-15H,7-11H2,1-2H3. The minimum atomic E-state index is 0.558. The first-order valence-corrected chi connectivity index (χ1v) is 7.35. The highest BCUT2D eigenvalue weighted by Gasteiger charge is 2.39. The van der Waals surface area contributed by atoms with Crippen molar-refractivity contribution < 1.29 is 0 Å². The summed E-state index contributed by atoms with van der Waals surface area (Å²) in [7, 11) is 0. The van der Waals surface area contributed by atoms with E-state index in [2.05, 4.69) is 35.9 Å². The van der Waals surface area contributed by atoms with Crippen LogP contribution in [0, 0.1) is 17.8 Å². The lowest BCUT2D eigenvalue weighted by atomic mass is 10.0. The monoisotopic (exact) mass is 244 g/mol. The molecule has 18 heavy (non-hydrogen) atoms. The molecule has 1 saturated heterocycles. The molecule has 2 nitrogen and oxygen atoms in total. The van der Waals surface area contributed by atoms with E-state index in [0.29, 0.717) is 5.92 Å². The second-order valence-corrected chi connectivity index (χ2v) is 6.47. The maximum absolute atomic E-state index is 4.48. The van der Waals surface area contributed by atoms with Crippen LogP contribution in [0.3, 0.4) is 0 Å². The van der Waals surface area contributed by atoms with Crippen molar-refractivity contribution in [2.24, 2.45) is 17.8 Å². The summed E-state index contributed by atoms with van der Waals surface area (Å²) in [5.41, 5.74) is 1.24. The first-order chi connectivity index (χ1) is 8.72. The number of hydrogen-bond donors (Lipinski definition) is 0. The molecule has 3 unspecified atom stereocenters. The second-order valence-electron chi connectivity index (χ2n) is 6.47. The van der Waals surface area contributed by atoms with Crippen LogP contribution in [-0.4, -0.2) is 29.5 Å². The van der Waals surface area contributed by atoms with E-state index in [1.165, 1.54) is 38.2 Å². The van der Waals surface area contributed by atoms with Gasteiger partial charge < -0.3 is 4.90 Å². The minimum absolute atomic E-state index is 0.558. The van der Waals surface area contributed by atoms with Crippen molar-refractivity contribution in [1.29, 1.82) is 0 Å². The maximum atomic E-state index is 4.48. The summed E-state index contributed by atoms with van der Waals surface area (Å²) in [6.07, 6.45) is 4.82. The molecule has 0 radical (unpaired) electrons. The number of aromatic nitrogens is 1. The molecule has 2 heterocycles. The van der Waals surface area contributed by atoms with E-state index in [1.54, 1.807) is 0 Å². The molecule has 1 aromatic heterocycles. The summed E-state index contributed by atoms with van der Waals surface area (Å²) >= 11 is 0. The van der Waals surface area contributed by atoms with Crippen LogP contribution in [0.2, 0.25) is 0 Å². The molecule has 3 rings (SSSR count). The largest absolute Gasteiger partial charge is 0.302 e. The van der Waals surface area contributed by atoms with Gasteiger partial charge in [-0.1, -0.05) is 19.9 Å². The second kappa shape index (κ2) is 5.00. The lowest BCUT2D eigenvalue weighted by Crippen LogP contribution is -2.27. The molecule has 2 heteroatoms. The van der Waals surface area contributed by atoms with Crippen molar-refractivity contribution >= 4 is 0 Å². The molecular formula is C16H24N2. The molecule has 1 saturated carbocycles. The molecular weight excluding hydrogens is 220 g/mol. The molecule has 1 aliphatic heterocycles. The van der Waals surface area contributed by atoms with Gasteiger partial charge in [0.15, 0.2) is 0 Å². The topological polar surface area (TPSA) is 16.1 Å². The van der Waals surface area contributed by atoms with Gasteiger partial charge >= 0.3 is 0 Å². The van der Waals surface area contributed by atoms with Crippen LogP contribution in [0.1, 0.15) is 38.3 Å². The normalized spacial score (nSPS) is 33.6. The van der Waals surface area contributed by atoms with Gasteiger partial charge in [0.25, 0.3) is 0 Å². The van der Waals surface area contributed by atoms with E-state index in [0.717, 1.165) is 17.8 Å².